The third-order valence-electron chi connectivity index (χ3n) is 3.81. The van der Waals surface area contributed by atoms with E-state index in [4.69, 9.17) is 0 Å². The van der Waals surface area contributed by atoms with Gasteiger partial charge in [0.15, 0.2) is 5.78 Å². The van der Waals surface area contributed by atoms with E-state index >= 15 is 0 Å². The van der Waals surface area contributed by atoms with Crippen LogP contribution in [-0.2, 0) is 4.79 Å². The smallest absolute Gasteiger partial charge is 0.224 e. The van der Waals surface area contributed by atoms with Crippen LogP contribution in [0.3, 0.4) is 0 Å². The first-order valence-corrected chi connectivity index (χ1v) is 7.70. The number of fused-ring (bicyclic) bond motifs is 1. The van der Waals surface area contributed by atoms with Crippen LogP contribution in [0.5, 0.6) is 0 Å². The lowest BCUT2D eigenvalue weighted by atomic mass is 10.1. The van der Waals surface area contributed by atoms with Gasteiger partial charge in [-0.1, -0.05) is 36.4 Å². The second kappa shape index (κ2) is 7.04. The van der Waals surface area contributed by atoms with E-state index in [0.29, 0.717) is 5.56 Å². The number of carbonyl (C=O) groups excluding carboxylic acids is 2. The van der Waals surface area contributed by atoms with Gasteiger partial charge in [-0.25, -0.2) is 4.39 Å². The molecule has 0 heterocycles. The summed E-state index contributed by atoms with van der Waals surface area (Å²) in [7, 11) is 0. The summed E-state index contributed by atoms with van der Waals surface area (Å²) in [6.45, 7) is 0. The van der Waals surface area contributed by atoms with Gasteiger partial charge >= 0.3 is 0 Å². The highest BCUT2D eigenvalue weighted by atomic mass is 19.1. The van der Waals surface area contributed by atoms with E-state index < -0.39 is 0 Å². The van der Waals surface area contributed by atoms with Crippen molar-refractivity contribution in [1.82, 2.24) is 0 Å². The minimum absolute atomic E-state index is 0.0828. The molecule has 0 bridgehead atoms. The summed E-state index contributed by atoms with van der Waals surface area (Å²) in [6, 6.07) is 18.8. The number of ketones is 1. The molecule has 3 aromatic carbocycles. The first kappa shape index (κ1) is 15.9. The van der Waals surface area contributed by atoms with Gasteiger partial charge < -0.3 is 5.32 Å². The Labute approximate surface area is 139 Å². The molecule has 3 aromatic rings. The number of amides is 1. The zero-order valence-electron chi connectivity index (χ0n) is 13.0. The molecular weight excluding hydrogens is 305 g/mol. The summed E-state index contributed by atoms with van der Waals surface area (Å²) in [5.41, 5.74) is 1.14. The lowest BCUT2D eigenvalue weighted by molar-refractivity contribution is -0.116. The Balaban J connectivity index is 1.63. The molecule has 4 heteroatoms. The van der Waals surface area contributed by atoms with Gasteiger partial charge in [-0.05, 0) is 35.7 Å². The van der Waals surface area contributed by atoms with Crippen molar-refractivity contribution in [2.45, 2.75) is 12.8 Å². The molecule has 0 atom stereocenters. The first-order valence-electron chi connectivity index (χ1n) is 7.70. The summed E-state index contributed by atoms with van der Waals surface area (Å²) in [4.78, 5) is 24.1. The molecule has 0 aliphatic carbocycles. The molecule has 0 aliphatic rings. The number of halogens is 1. The Morgan fingerprint density at radius 2 is 1.54 bits per heavy atom. The molecule has 24 heavy (non-hydrogen) atoms. The van der Waals surface area contributed by atoms with Crippen LogP contribution in [0.1, 0.15) is 23.2 Å². The van der Waals surface area contributed by atoms with Crippen molar-refractivity contribution < 1.29 is 14.0 Å². The molecule has 120 valence electrons. The SMILES string of the molecule is O=C(CCC(=O)c1ccc(F)cc1)Nc1cccc2ccccc12. The van der Waals surface area contributed by atoms with Gasteiger partial charge in [0.05, 0.1) is 0 Å². The maximum Gasteiger partial charge on any atom is 0.224 e. The van der Waals surface area contributed by atoms with Gasteiger partial charge in [0.25, 0.3) is 0 Å². The summed E-state index contributed by atoms with van der Waals surface area (Å²) in [5.74, 6) is -0.787. The zero-order valence-corrected chi connectivity index (χ0v) is 13.0. The predicted molar refractivity (Wildman–Crippen MR) is 92.5 cm³/mol. The van der Waals surface area contributed by atoms with Crippen molar-refractivity contribution in [3.8, 4) is 0 Å². The van der Waals surface area contributed by atoms with Crippen molar-refractivity contribution in [3.63, 3.8) is 0 Å². The van der Waals surface area contributed by atoms with Crippen molar-refractivity contribution in [1.29, 1.82) is 0 Å². The molecule has 3 nitrogen and oxygen atoms in total. The Bertz CT molecular complexity index is 882. The predicted octanol–water partition coefficient (Wildman–Crippen LogP) is 4.58. The van der Waals surface area contributed by atoms with Crippen LogP contribution in [0.15, 0.2) is 66.7 Å². The van der Waals surface area contributed by atoms with Crippen LogP contribution in [0.25, 0.3) is 10.8 Å². The molecule has 0 aromatic heterocycles. The van der Waals surface area contributed by atoms with Crippen LogP contribution in [-0.4, -0.2) is 11.7 Å². The number of anilines is 1. The Hall–Kier alpha value is -3.01. The molecule has 3 rings (SSSR count). The minimum Gasteiger partial charge on any atom is -0.326 e. The molecule has 0 unspecified atom stereocenters. The molecule has 0 aliphatic heterocycles. The number of hydrogen-bond donors (Lipinski definition) is 1. The van der Waals surface area contributed by atoms with E-state index in [1.807, 2.05) is 42.5 Å². The fourth-order valence-electron chi connectivity index (χ4n) is 2.55. The van der Waals surface area contributed by atoms with Gasteiger partial charge in [0.2, 0.25) is 5.91 Å². The monoisotopic (exact) mass is 321 g/mol. The average molecular weight is 321 g/mol. The van der Waals surface area contributed by atoms with Crippen LogP contribution < -0.4 is 5.32 Å². The number of carbonyl (C=O) groups is 2. The quantitative estimate of drug-likeness (QED) is 0.699. The third kappa shape index (κ3) is 3.66. The summed E-state index contributed by atoms with van der Waals surface area (Å²) < 4.78 is 12.9. The lowest BCUT2D eigenvalue weighted by Crippen LogP contribution is -2.13. The van der Waals surface area contributed by atoms with E-state index in [1.54, 1.807) is 0 Å². The maximum atomic E-state index is 12.9. The fourth-order valence-corrected chi connectivity index (χ4v) is 2.55. The van der Waals surface area contributed by atoms with Crippen LogP contribution >= 0.6 is 0 Å². The van der Waals surface area contributed by atoms with E-state index in [1.165, 1.54) is 24.3 Å². The summed E-state index contributed by atoms with van der Waals surface area (Å²) in [5, 5.41) is 4.85. The number of nitrogens with one attached hydrogen (secondary N) is 1. The van der Waals surface area contributed by atoms with E-state index in [-0.39, 0.29) is 30.3 Å². The third-order valence-corrected chi connectivity index (χ3v) is 3.81. The van der Waals surface area contributed by atoms with Gasteiger partial charge in [-0.15, -0.1) is 0 Å². The van der Waals surface area contributed by atoms with E-state index in [9.17, 15) is 14.0 Å². The van der Waals surface area contributed by atoms with Gasteiger partial charge in [-0.2, -0.15) is 0 Å². The molecule has 0 radical (unpaired) electrons. The largest absolute Gasteiger partial charge is 0.326 e. The van der Waals surface area contributed by atoms with Crippen LogP contribution in [0.2, 0.25) is 0 Å². The topological polar surface area (TPSA) is 46.2 Å². The lowest BCUT2D eigenvalue weighted by Gasteiger charge is -2.08. The Kier molecular flexibility index (Phi) is 4.66. The molecule has 0 fully saturated rings. The van der Waals surface area contributed by atoms with Crippen molar-refractivity contribution in [2.24, 2.45) is 0 Å². The number of rotatable bonds is 5. The normalized spacial score (nSPS) is 10.5. The summed E-state index contributed by atoms with van der Waals surface area (Å²) >= 11 is 0. The fraction of sp³-hybridized carbons (Fsp3) is 0.100. The zero-order chi connectivity index (χ0) is 16.9. The van der Waals surface area contributed by atoms with Crippen molar-refractivity contribution in [3.05, 3.63) is 78.1 Å². The van der Waals surface area contributed by atoms with Crippen molar-refractivity contribution >= 4 is 28.2 Å². The van der Waals surface area contributed by atoms with E-state index in [0.717, 1.165) is 16.5 Å². The number of Topliss-reactive ketones (excluding diaryl/α,β-unsaturated/α-hetero) is 1. The molecule has 0 saturated carbocycles. The number of hydrogen-bond acceptors (Lipinski definition) is 2. The Morgan fingerprint density at radius 3 is 2.33 bits per heavy atom. The van der Waals surface area contributed by atoms with Crippen LogP contribution in [0, 0.1) is 5.82 Å². The summed E-state index contributed by atoms with van der Waals surface area (Å²) in [6.07, 6.45) is 0.168. The van der Waals surface area contributed by atoms with Crippen molar-refractivity contribution in [2.75, 3.05) is 5.32 Å². The second-order valence-corrected chi connectivity index (χ2v) is 5.50. The molecule has 1 amide bonds. The molecule has 0 saturated heterocycles. The highest BCUT2D eigenvalue weighted by molar-refractivity contribution is 6.04. The van der Waals surface area contributed by atoms with Gasteiger partial charge in [0.1, 0.15) is 5.82 Å². The van der Waals surface area contributed by atoms with Gasteiger partial charge in [-0.3, -0.25) is 9.59 Å². The number of benzene rings is 3. The minimum atomic E-state index is -0.389. The Morgan fingerprint density at radius 1 is 0.833 bits per heavy atom. The molecular formula is C20H16FNO2. The van der Waals surface area contributed by atoms with E-state index in [2.05, 4.69) is 5.32 Å². The molecule has 0 spiro atoms. The highest BCUT2D eigenvalue weighted by Crippen LogP contribution is 2.23. The maximum absolute atomic E-state index is 12.9. The highest BCUT2D eigenvalue weighted by Gasteiger charge is 2.10. The molecule has 1 N–H and O–H groups in total. The standard InChI is InChI=1S/C20H16FNO2/c21-16-10-8-15(9-11-16)19(23)12-13-20(24)22-18-7-3-5-14-4-1-2-6-17(14)18/h1-11H,12-13H2,(H,22,24). The average Bonchev–Trinajstić information content (AvgIpc) is 2.61. The van der Waals surface area contributed by atoms with Gasteiger partial charge in [0, 0.05) is 29.5 Å². The second-order valence-electron chi connectivity index (χ2n) is 5.50. The van der Waals surface area contributed by atoms with Crippen LogP contribution in [0.4, 0.5) is 10.1 Å². The first-order chi connectivity index (χ1) is 11.6.